The summed E-state index contributed by atoms with van der Waals surface area (Å²) >= 11 is 0. The Balaban J connectivity index is 0.000000314. The Kier molecular flexibility index (Phi) is 5.89. The molecule has 2 aliphatic rings. The quantitative estimate of drug-likeness (QED) is 0.318. The third-order valence-electron chi connectivity index (χ3n) is 6.01. The summed E-state index contributed by atoms with van der Waals surface area (Å²) in [6.07, 6.45) is 10.4. The highest BCUT2D eigenvalue weighted by atomic mass is 19.1. The summed E-state index contributed by atoms with van der Waals surface area (Å²) in [6.45, 7) is 0.733. The van der Waals surface area contributed by atoms with E-state index in [0.717, 1.165) is 25.9 Å². The molecule has 3 heteroatoms. The van der Waals surface area contributed by atoms with Gasteiger partial charge in [0.15, 0.2) is 0 Å². The first-order chi connectivity index (χ1) is 15.8. The van der Waals surface area contributed by atoms with Crippen LogP contribution in [0.3, 0.4) is 0 Å². The van der Waals surface area contributed by atoms with Gasteiger partial charge in [-0.15, -0.1) is 0 Å². The lowest BCUT2D eigenvalue weighted by Gasteiger charge is -2.27. The highest BCUT2D eigenvalue weighted by Crippen LogP contribution is 2.34. The van der Waals surface area contributed by atoms with Crippen LogP contribution in [0.25, 0.3) is 21.5 Å². The molecular formula is C29H25FO2. The molecule has 1 unspecified atom stereocenters. The zero-order valence-corrected chi connectivity index (χ0v) is 17.8. The summed E-state index contributed by atoms with van der Waals surface area (Å²) < 4.78 is 24.2. The molecule has 1 atom stereocenters. The van der Waals surface area contributed by atoms with Crippen molar-refractivity contribution in [3.63, 3.8) is 0 Å². The van der Waals surface area contributed by atoms with E-state index in [2.05, 4.69) is 48.5 Å². The van der Waals surface area contributed by atoms with E-state index in [4.69, 9.17) is 9.47 Å². The van der Waals surface area contributed by atoms with Crippen LogP contribution in [0.4, 0.5) is 4.39 Å². The Bertz CT molecular complexity index is 1290. The molecule has 0 spiro atoms. The maximum atomic E-state index is 13.4. The van der Waals surface area contributed by atoms with Crippen LogP contribution in [0.15, 0.2) is 97.3 Å². The van der Waals surface area contributed by atoms with E-state index in [9.17, 15) is 4.39 Å². The second-order valence-corrected chi connectivity index (χ2v) is 8.12. The van der Waals surface area contributed by atoms with Crippen molar-refractivity contribution in [1.29, 1.82) is 0 Å². The van der Waals surface area contributed by atoms with Gasteiger partial charge in [0, 0.05) is 12.5 Å². The lowest BCUT2D eigenvalue weighted by molar-refractivity contribution is 0.184. The summed E-state index contributed by atoms with van der Waals surface area (Å²) in [5.41, 5.74) is 2.78. The van der Waals surface area contributed by atoms with E-state index < -0.39 is 0 Å². The molecule has 32 heavy (non-hydrogen) atoms. The minimum absolute atomic E-state index is 0.0993. The van der Waals surface area contributed by atoms with Gasteiger partial charge in [-0.25, -0.2) is 4.39 Å². The Morgan fingerprint density at radius 2 is 1.75 bits per heavy atom. The van der Waals surface area contributed by atoms with Gasteiger partial charge in [0.05, 0.1) is 6.26 Å². The second kappa shape index (κ2) is 9.27. The summed E-state index contributed by atoms with van der Waals surface area (Å²) in [6, 6.07) is 23.9. The first-order valence-electron chi connectivity index (χ1n) is 11.1. The molecule has 0 aromatic heterocycles. The monoisotopic (exact) mass is 424 g/mol. The molecule has 0 bridgehead atoms. The Labute approximate surface area is 187 Å². The van der Waals surface area contributed by atoms with Gasteiger partial charge >= 0.3 is 0 Å². The van der Waals surface area contributed by atoms with E-state index in [0.29, 0.717) is 5.75 Å². The van der Waals surface area contributed by atoms with Crippen molar-refractivity contribution in [2.24, 2.45) is 0 Å². The van der Waals surface area contributed by atoms with Crippen LogP contribution in [-0.4, -0.2) is 12.7 Å². The zero-order valence-electron chi connectivity index (χ0n) is 17.8. The first kappa shape index (κ1) is 20.3. The number of hydrogen-bond donors (Lipinski definition) is 0. The minimum Gasteiger partial charge on any atom is -0.497 e. The summed E-state index contributed by atoms with van der Waals surface area (Å²) in [5.74, 6) is 0.363. The van der Waals surface area contributed by atoms with Gasteiger partial charge in [0.1, 0.15) is 24.3 Å². The molecule has 0 saturated heterocycles. The molecule has 2 nitrogen and oxygen atoms in total. The van der Waals surface area contributed by atoms with E-state index in [1.54, 1.807) is 12.3 Å². The van der Waals surface area contributed by atoms with Crippen LogP contribution in [0.5, 0.6) is 5.75 Å². The molecule has 0 fully saturated rings. The number of rotatable bonds is 2. The van der Waals surface area contributed by atoms with Crippen LogP contribution < -0.4 is 4.74 Å². The Morgan fingerprint density at radius 1 is 0.844 bits per heavy atom. The van der Waals surface area contributed by atoms with Gasteiger partial charge < -0.3 is 9.47 Å². The van der Waals surface area contributed by atoms with Crippen molar-refractivity contribution in [2.45, 2.75) is 25.4 Å². The van der Waals surface area contributed by atoms with E-state index >= 15 is 0 Å². The predicted octanol–water partition coefficient (Wildman–Crippen LogP) is 7.15. The fourth-order valence-electron chi connectivity index (χ4n) is 4.51. The predicted molar refractivity (Wildman–Crippen MR) is 129 cm³/mol. The fraction of sp³-hybridized carbons (Fsp3) is 0.172. The van der Waals surface area contributed by atoms with Gasteiger partial charge in [-0.05, 0) is 69.8 Å². The number of halogens is 1. The molecule has 160 valence electrons. The van der Waals surface area contributed by atoms with Crippen LogP contribution in [0, 0.1) is 5.82 Å². The van der Waals surface area contributed by atoms with Gasteiger partial charge in [0.2, 0.25) is 0 Å². The lowest BCUT2D eigenvalue weighted by Crippen LogP contribution is -2.25. The van der Waals surface area contributed by atoms with Crippen molar-refractivity contribution in [3.05, 3.63) is 114 Å². The van der Waals surface area contributed by atoms with Crippen molar-refractivity contribution in [3.8, 4) is 5.75 Å². The van der Waals surface area contributed by atoms with Crippen molar-refractivity contribution < 1.29 is 13.9 Å². The molecule has 0 N–H and O–H groups in total. The molecule has 0 amide bonds. The normalized spacial score (nSPS) is 16.7. The van der Waals surface area contributed by atoms with E-state index in [-0.39, 0.29) is 11.9 Å². The second-order valence-electron chi connectivity index (χ2n) is 8.12. The molecule has 4 aromatic carbocycles. The highest BCUT2D eigenvalue weighted by molar-refractivity contribution is 6.08. The Hall–Kier alpha value is -3.59. The molecule has 1 aliphatic carbocycles. The van der Waals surface area contributed by atoms with Crippen LogP contribution in [-0.2, 0) is 17.6 Å². The van der Waals surface area contributed by atoms with E-state index in [1.807, 2.05) is 24.3 Å². The summed E-state index contributed by atoms with van der Waals surface area (Å²) in [4.78, 5) is 0. The molecule has 0 saturated carbocycles. The standard InChI is InChI=1S/C24H19FO.C5H6O/c25-18-5-3-6-19(15-18)26-20-10-13-22-17(14-20)9-12-23-21-7-2-1-4-16(21)8-11-24(22)23;1-2-4-6-5-3-1/h1-9,11-12,15,20H,10,13-14H2;1-4H,5H2. The van der Waals surface area contributed by atoms with Crippen LogP contribution in [0.1, 0.15) is 17.5 Å². The van der Waals surface area contributed by atoms with Crippen molar-refractivity contribution in [1.82, 2.24) is 0 Å². The third kappa shape index (κ3) is 4.38. The zero-order chi connectivity index (χ0) is 21.8. The molecule has 6 rings (SSSR count). The number of hydrogen-bond acceptors (Lipinski definition) is 2. The maximum absolute atomic E-state index is 13.4. The fourth-order valence-corrected chi connectivity index (χ4v) is 4.51. The SMILES string of the molecule is C1=CCOC=C1.Fc1cccc(OC2CCc3c(ccc4c3ccc3ccccc34)C2)c1. The summed E-state index contributed by atoms with van der Waals surface area (Å²) in [7, 11) is 0. The van der Waals surface area contributed by atoms with Gasteiger partial charge in [-0.3, -0.25) is 0 Å². The van der Waals surface area contributed by atoms with Gasteiger partial charge in [-0.1, -0.05) is 60.7 Å². The molecule has 1 aliphatic heterocycles. The topological polar surface area (TPSA) is 18.5 Å². The molecule has 4 aromatic rings. The van der Waals surface area contributed by atoms with Crippen molar-refractivity contribution in [2.75, 3.05) is 6.61 Å². The van der Waals surface area contributed by atoms with Crippen LogP contribution >= 0.6 is 0 Å². The van der Waals surface area contributed by atoms with Crippen molar-refractivity contribution >= 4 is 21.5 Å². The maximum Gasteiger partial charge on any atom is 0.126 e. The number of allylic oxidation sites excluding steroid dienone is 2. The minimum atomic E-state index is -0.253. The van der Waals surface area contributed by atoms with Gasteiger partial charge in [0.25, 0.3) is 0 Å². The smallest absolute Gasteiger partial charge is 0.126 e. The highest BCUT2D eigenvalue weighted by Gasteiger charge is 2.22. The van der Waals surface area contributed by atoms with Crippen LogP contribution in [0.2, 0.25) is 0 Å². The Morgan fingerprint density at radius 3 is 2.53 bits per heavy atom. The number of benzene rings is 4. The average molecular weight is 425 g/mol. The van der Waals surface area contributed by atoms with Gasteiger partial charge in [-0.2, -0.15) is 0 Å². The largest absolute Gasteiger partial charge is 0.497 e. The number of aryl methyl sites for hydroxylation is 1. The first-order valence-corrected chi connectivity index (χ1v) is 11.1. The van der Waals surface area contributed by atoms with E-state index in [1.165, 1.54) is 44.8 Å². The molecule has 1 heterocycles. The third-order valence-corrected chi connectivity index (χ3v) is 6.01. The lowest BCUT2D eigenvalue weighted by atomic mass is 9.85. The number of ether oxygens (including phenoxy) is 2. The molecule has 0 radical (unpaired) electrons. The average Bonchev–Trinajstić information content (AvgIpc) is 2.85. The molecular weight excluding hydrogens is 399 g/mol. The summed E-state index contributed by atoms with van der Waals surface area (Å²) in [5, 5.41) is 5.27. The number of fused-ring (bicyclic) bond motifs is 5.